The lowest BCUT2D eigenvalue weighted by Gasteiger charge is -2.16. The number of hydrogen-bond donors (Lipinski definition) is 3. The highest BCUT2D eigenvalue weighted by Crippen LogP contribution is 2.31. The average molecular weight is 437 g/mol. The molecule has 0 spiro atoms. The van der Waals surface area contributed by atoms with Crippen LogP contribution in [-0.2, 0) is 0 Å². The van der Waals surface area contributed by atoms with Crippen molar-refractivity contribution in [3.8, 4) is 11.4 Å². The molecule has 4 aromatic rings. The smallest absolute Gasteiger partial charge is 0.181 e. The molecule has 1 aliphatic carbocycles. The summed E-state index contributed by atoms with van der Waals surface area (Å²) in [5.74, 6) is 0.541. The van der Waals surface area contributed by atoms with Gasteiger partial charge in [0.25, 0.3) is 0 Å². The highest BCUT2D eigenvalue weighted by Gasteiger charge is 2.18. The van der Waals surface area contributed by atoms with E-state index in [1.807, 2.05) is 31.3 Å². The molecule has 33 heavy (non-hydrogen) atoms. The van der Waals surface area contributed by atoms with Crippen molar-refractivity contribution >= 4 is 27.6 Å². The standard InChI is InChI=1S/C27H28N6/c1-4-18(13-22(5-2)30-17(3)19-9-6-7-10-19)21-14-23-25(32-33-27(23)29-16-21)24-15-20-11-8-12-28-26(20)31-24/h4-5,8,11-16,19,30H,2-3,6-7,9-10H2,1H3,(H,28,31)(H,29,32,33)/b18-4+,22-13+. The number of H-pyrrole nitrogens is 2. The molecule has 1 saturated carbocycles. The zero-order valence-corrected chi connectivity index (χ0v) is 18.9. The van der Waals surface area contributed by atoms with Crippen molar-refractivity contribution in [1.82, 2.24) is 30.5 Å². The second kappa shape index (κ2) is 8.90. The number of fused-ring (bicyclic) bond motifs is 2. The lowest BCUT2D eigenvalue weighted by Crippen LogP contribution is -2.16. The van der Waals surface area contributed by atoms with E-state index in [0.717, 1.165) is 50.3 Å². The van der Waals surface area contributed by atoms with Crippen LogP contribution in [0.2, 0.25) is 0 Å². The normalized spacial score (nSPS) is 15.4. The van der Waals surface area contributed by atoms with Gasteiger partial charge in [-0.25, -0.2) is 9.97 Å². The molecule has 0 aliphatic heterocycles. The van der Waals surface area contributed by atoms with Crippen LogP contribution in [0.1, 0.15) is 38.2 Å². The number of aromatic amines is 2. The summed E-state index contributed by atoms with van der Waals surface area (Å²) in [6, 6.07) is 8.17. The summed E-state index contributed by atoms with van der Waals surface area (Å²) in [7, 11) is 0. The van der Waals surface area contributed by atoms with E-state index in [0.29, 0.717) is 11.6 Å². The molecular weight excluding hydrogens is 408 g/mol. The van der Waals surface area contributed by atoms with Crippen LogP contribution in [0.15, 0.2) is 79.4 Å². The Bertz CT molecular complexity index is 1360. The van der Waals surface area contributed by atoms with Crippen molar-refractivity contribution in [3.05, 3.63) is 85.0 Å². The minimum Gasteiger partial charge on any atom is -0.359 e. The number of nitrogens with one attached hydrogen (secondary N) is 3. The molecule has 0 saturated heterocycles. The van der Waals surface area contributed by atoms with E-state index in [-0.39, 0.29) is 0 Å². The molecular formula is C27H28N6. The van der Waals surface area contributed by atoms with Gasteiger partial charge in [-0.05, 0) is 67.7 Å². The molecule has 0 bridgehead atoms. The largest absolute Gasteiger partial charge is 0.359 e. The Labute approximate surface area is 193 Å². The quantitative estimate of drug-likeness (QED) is 0.298. The Morgan fingerprint density at radius 2 is 2.06 bits per heavy atom. The Hall–Kier alpha value is -3.93. The van der Waals surface area contributed by atoms with Crippen LogP contribution in [0.3, 0.4) is 0 Å². The Morgan fingerprint density at radius 1 is 1.21 bits per heavy atom. The molecule has 4 aromatic heterocycles. The molecule has 6 nitrogen and oxygen atoms in total. The summed E-state index contributed by atoms with van der Waals surface area (Å²) < 4.78 is 0. The first-order valence-electron chi connectivity index (χ1n) is 11.4. The number of hydrogen-bond acceptors (Lipinski definition) is 4. The van der Waals surface area contributed by atoms with Gasteiger partial charge in [-0.1, -0.05) is 32.1 Å². The molecule has 6 heteroatoms. The maximum absolute atomic E-state index is 4.60. The minimum atomic E-state index is 0.541. The maximum Gasteiger partial charge on any atom is 0.181 e. The number of aromatic nitrogens is 5. The summed E-state index contributed by atoms with van der Waals surface area (Å²) in [6.07, 6.45) is 14.6. The fourth-order valence-electron chi connectivity index (χ4n) is 4.56. The molecule has 0 atom stereocenters. The topological polar surface area (TPSA) is 82.3 Å². The Kier molecular flexibility index (Phi) is 5.65. The molecule has 3 N–H and O–H groups in total. The van der Waals surface area contributed by atoms with Crippen LogP contribution in [0.5, 0.6) is 0 Å². The van der Waals surface area contributed by atoms with Crippen LogP contribution in [0.4, 0.5) is 0 Å². The Morgan fingerprint density at radius 3 is 2.82 bits per heavy atom. The zero-order chi connectivity index (χ0) is 22.8. The predicted octanol–water partition coefficient (Wildman–Crippen LogP) is 6.27. The van der Waals surface area contributed by atoms with Crippen LogP contribution >= 0.6 is 0 Å². The third-order valence-corrected chi connectivity index (χ3v) is 6.40. The fraction of sp³-hybridized carbons (Fsp3) is 0.222. The van der Waals surface area contributed by atoms with Crippen molar-refractivity contribution in [1.29, 1.82) is 0 Å². The van der Waals surface area contributed by atoms with Crippen LogP contribution < -0.4 is 5.32 Å². The average Bonchev–Trinajstić information content (AvgIpc) is 3.59. The minimum absolute atomic E-state index is 0.541. The fourth-order valence-corrected chi connectivity index (χ4v) is 4.56. The monoisotopic (exact) mass is 436 g/mol. The Balaban J connectivity index is 1.47. The van der Waals surface area contributed by atoms with Gasteiger partial charge in [0.1, 0.15) is 5.65 Å². The first-order chi connectivity index (χ1) is 16.2. The first-order valence-corrected chi connectivity index (χ1v) is 11.4. The van der Waals surface area contributed by atoms with E-state index in [1.165, 1.54) is 25.7 Å². The van der Waals surface area contributed by atoms with E-state index < -0.39 is 0 Å². The van der Waals surface area contributed by atoms with Gasteiger partial charge < -0.3 is 10.3 Å². The van der Waals surface area contributed by atoms with Crippen molar-refractivity contribution in [2.75, 3.05) is 0 Å². The molecule has 1 fully saturated rings. The van der Waals surface area contributed by atoms with E-state index in [9.17, 15) is 0 Å². The lowest BCUT2D eigenvalue weighted by molar-refractivity contribution is 0.607. The summed E-state index contributed by atoms with van der Waals surface area (Å²) in [6.45, 7) is 10.3. The SMILES string of the molecule is C=C/C(=C\C(=C/C)c1cnc2n[nH]c(-c3cc4cccnc4[nH]3)c2c1)NC(=C)C1CCCC1. The van der Waals surface area contributed by atoms with E-state index >= 15 is 0 Å². The second-order valence-corrected chi connectivity index (χ2v) is 8.50. The molecule has 5 rings (SSSR count). The van der Waals surface area contributed by atoms with Crippen molar-refractivity contribution in [3.63, 3.8) is 0 Å². The van der Waals surface area contributed by atoms with E-state index in [4.69, 9.17) is 0 Å². The molecule has 0 radical (unpaired) electrons. The number of allylic oxidation sites excluding steroid dienone is 5. The van der Waals surface area contributed by atoms with Gasteiger partial charge in [0, 0.05) is 40.1 Å². The maximum atomic E-state index is 4.60. The lowest BCUT2D eigenvalue weighted by atomic mass is 10.0. The second-order valence-electron chi connectivity index (χ2n) is 8.50. The number of nitrogens with zero attached hydrogens (tertiary/aromatic N) is 3. The van der Waals surface area contributed by atoms with Gasteiger partial charge in [0.05, 0.1) is 11.4 Å². The van der Waals surface area contributed by atoms with Crippen molar-refractivity contribution < 1.29 is 0 Å². The predicted molar refractivity (Wildman–Crippen MR) is 135 cm³/mol. The highest BCUT2D eigenvalue weighted by molar-refractivity contribution is 5.95. The van der Waals surface area contributed by atoms with Crippen molar-refractivity contribution in [2.24, 2.45) is 5.92 Å². The molecule has 4 heterocycles. The first kappa shape index (κ1) is 20.9. The molecule has 0 unspecified atom stereocenters. The van der Waals surface area contributed by atoms with Gasteiger partial charge in [-0.3, -0.25) is 5.10 Å². The molecule has 0 amide bonds. The zero-order valence-electron chi connectivity index (χ0n) is 18.9. The van der Waals surface area contributed by atoms with Crippen LogP contribution in [0, 0.1) is 5.92 Å². The van der Waals surface area contributed by atoms with Crippen molar-refractivity contribution in [2.45, 2.75) is 32.6 Å². The van der Waals surface area contributed by atoms with Gasteiger partial charge in [-0.2, -0.15) is 5.10 Å². The van der Waals surface area contributed by atoms with Gasteiger partial charge in [-0.15, -0.1) is 0 Å². The van der Waals surface area contributed by atoms with Gasteiger partial charge in [0.2, 0.25) is 0 Å². The summed E-state index contributed by atoms with van der Waals surface area (Å²) in [5.41, 5.74) is 7.43. The van der Waals surface area contributed by atoms with E-state index in [1.54, 1.807) is 6.20 Å². The third kappa shape index (κ3) is 4.12. The summed E-state index contributed by atoms with van der Waals surface area (Å²) in [4.78, 5) is 12.4. The number of rotatable bonds is 7. The molecule has 1 aliphatic rings. The molecule has 0 aromatic carbocycles. The van der Waals surface area contributed by atoms with Crippen LogP contribution in [0.25, 0.3) is 39.0 Å². The van der Waals surface area contributed by atoms with Crippen LogP contribution in [-0.4, -0.2) is 25.1 Å². The molecule has 166 valence electrons. The van der Waals surface area contributed by atoms with Gasteiger partial charge >= 0.3 is 0 Å². The number of pyridine rings is 2. The van der Waals surface area contributed by atoms with E-state index in [2.05, 4.69) is 67.9 Å². The van der Waals surface area contributed by atoms with Gasteiger partial charge in [0.15, 0.2) is 5.65 Å². The summed E-state index contributed by atoms with van der Waals surface area (Å²) in [5, 5.41) is 13.0. The highest BCUT2D eigenvalue weighted by atomic mass is 15.2. The summed E-state index contributed by atoms with van der Waals surface area (Å²) >= 11 is 0. The third-order valence-electron chi connectivity index (χ3n) is 6.40.